The molecule has 0 spiro atoms. The van der Waals surface area contributed by atoms with Gasteiger partial charge in [0.1, 0.15) is 17.3 Å². The molecular formula is C40H55FN6O2. The average Bonchev–Trinajstić information content (AvgIpc) is 3.12. The fourth-order valence-corrected chi connectivity index (χ4v) is 5.23. The van der Waals surface area contributed by atoms with Crippen LogP contribution < -0.4 is 41.2 Å². The maximum atomic E-state index is 14.9. The fraction of sp³-hybridized carbons (Fsp3) is 0.400. The van der Waals surface area contributed by atoms with Gasteiger partial charge in [0.15, 0.2) is 0 Å². The van der Waals surface area contributed by atoms with E-state index in [9.17, 15) is 4.39 Å². The van der Waals surface area contributed by atoms with Crippen LogP contribution in [-0.2, 0) is 0 Å². The Labute approximate surface area is 292 Å². The number of halogens is 1. The molecule has 49 heavy (non-hydrogen) atoms. The lowest BCUT2D eigenvalue weighted by atomic mass is 10.2. The number of unbranched alkanes of at least 4 members (excludes halogenated alkanes) is 7. The van der Waals surface area contributed by atoms with E-state index >= 15 is 0 Å². The van der Waals surface area contributed by atoms with Gasteiger partial charge >= 0.3 is 0 Å². The van der Waals surface area contributed by atoms with Gasteiger partial charge < -0.3 is 30.7 Å². The summed E-state index contributed by atoms with van der Waals surface area (Å²) in [7, 11) is 1.90. The van der Waals surface area contributed by atoms with E-state index in [-0.39, 0.29) is 5.82 Å². The molecular weight excluding hydrogens is 615 g/mol. The lowest BCUT2D eigenvalue weighted by molar-refractivity contribution is 0.304. The topological polar surface area (TPSA) is 81.9 Å². The Balaban J connectivity index is 1.12. The van der Waals surface area contributed by atoms with Crippen molar-refractivity contribution in [1.82, 2.24) is 0 Å². The van der Waals surface area contributed by atoms with Crippen LogP contribution in [0.5, 0.6) is 11.5 Å². The maximum absolute atomic E-state index is 14.9. The summed E-state index contributed by atoms with van der Waals surface area (Å²) in [4.78, 5) is 0. The number of nitrogens with one attached hydrogen (secondary N) is 5. The van der Waals surface area contributed by atoms with Crippen LogP contribution in [0.4, 0.5) is 38.5 Å². The number of hydrazine groups is 1. The first-order valence-electron chi connectivity index (χ1n) is 17.8. The van der Waals surface area contributed by atoms with Crippen molar-refractivity contribution in [1.29, 1.82) is 0 Å². The van der Waals surface area contributed by atoms with Crippen LogP contribution in [0.3, 0.4) is 0 Å². The van der Waals surface area contributed by atoms with Gasteiger partial charge in [-0.3, -0.25) is 10.4 Å². The molecule has 0 amide bonds. The number of hydrogen-bond acceptors (Lipinski definition) is 8. The molecule has 0 bridgehead atoms. The SMILES string of the molecule is CCCCCCCOc1ccc(N(C)Nc2ccc(NCNc3ccc(NCNc4ccc(OCCCCCC)cc4)cc3)c(F)c2)cc1. The van der Waals surface area contributed by atoms with Crippen molar-refractivity contribution in [2.24, 2.45) is 0 Å². The molecule has 4 rings (SSSR count). The Morgan fingerprint density at radius 1 is 0.531 bits per heavy atom. The number of rotatable bonds is 24. The van der Waals surface area contributed by atoms with E-state index in [2.05, 4.69) is 40.5 Å². The zero-order chi connectivity index (χ0) is 34.5. The van der Waals surface area contributed by atoms with Gasteiger partial charge in [0, 0.05) is 30.2 Å². The summed E-state index contributed by atoms with van der Waals surface area (Å²) < 4.78 is 26.6. The third-order valence-corrected chi connectivity index (χ3v) is 8.17. The van der Waals surface area contributed by atoms with Crippen molar-refractivity contribution in [3.8, 4) is 11.5 Å². The first-order chi connectivity index (χ1) is 24.0. The molecule has 9 heteroatoms. The molecule has 0 fully saturated rings. The van der Waals surface area contributed by atoms with Gasteiger partial charge in [0.05, 0.1) is 43.6 Å². The summed E-state index contributed by atoms with van der Waals surface area (Å²) >= 11 is 0. The molecule has 0 aromatic heterocycles. The Bertz CT molecular complexity index is 1470. The molecule has 0 saturated heterocycles. The van der Waals surface area contributed by atoms with Crippen molar-refractivity contribution < 1.29 is 13.9 Å². The predicted octanol–water partition coefficient (Wildman–Crippen LogP) is 10.6. The summed E-state index contributed by atoms with van der Waals surface area (Å²) in [5.41, 5.74) is 8.21. The highest BCUT2D eigenvalue weighted by atomic mass is 19.1. The van der Waals surface area contributed by atoms with Gasteiger partial charge in [-0.25, -0.2) is 4.39 Å². The van der Waals surface area contributed by atoms with Crippen molar-refractivity contribution >= 4 is 34.1 Å². The van der Waals surface area contributed by atoms with E-state index in [4.69, 9.17) is 9.47 Å². The van der Waals surface area contributed by atoms with Gasteiger partial charge in [-0.15, -0.1) is 0 Å². The summed E-state index contributed by atoms with van der Waals surface area (Å²) in [6, 6.07) is 29.0. The lowest BCUT2D eigenvalue weighted by Gasteiger charge is -2.22. The van der Waals surface area contributed by atoms with Crippen LogP contribution in [0.2, 0.25) is 0 Å². The molecule has 5 N–H and O–H groups in total. The van der Waals surface area contributed by atoms with Crippen LogP contribution in [0.1, 0.15) is 71.6 Å². The second-order valence-electron chi connectivity index (χ2n) is 12.2. The molecule has 0 unspecified atom stereocenters. The molecule has 0 heterocycles. The molecule has 0 atom stereocenters. The molecule has 0 aliphatic rings. The smallest absolute Gasteiger partial charge is 0.148 e. The molecule has 264 valence electrons. The average molecular weight is 671 g/mol. The summed E-state index contributed by atoms with van der Waals surface area (Å²) in [5.74, 6) is 1.43. The minimum atomic E-state index is -0.334. The van der Waals surface area contributed by atoms with E-state index < -0.39 is 0 Å². The van der Waals surface area contributed by atoms with E-state index in [1.807, 2.05) is 90.9 Å². The minimum Gasteiger partial charge on any atom is -0.494 e. The highest BCUT2D eigenvalue weighted by Crippen LogP contribution is 2.23. The van der Waals surface area contributed by atoms with E-state index in [0.29, 0.717) is 24.7 Å². The monoisotopic (exact) mass is 670 g/mol. The second-order valence-corrected chi connectivity index (χ2v) is 12.2. The van der Waals surface area contributed by atoms with E-state index in [1.165, 1.54) is 51.0 Å². The molecule has 8 nitrogen and oxygen atoms in total. The van der Waals surface area contributed by atoms with Crippen molar-refractivity contribution in [2.45, 2.75) is 71.6 Å². The molecule has 0 aliphatic heterocycles. The normalized spacial score (nSPS) is 10.7. The Morgan fingerprint density at radius 2 is 0.980 bits per heavy atom. The van der Waals surface area contributed by atoms with Gasteiger partial charge in [-0.1, -0.05) is 58.8 Å². The Hall–Kier alpha value is -4.79. The van der Waals surface area contributed by atoms with Gasteiger partial charge in [0.25, 0.3) is 0 Å². The first kappa shape index (κ1) is 37.0. The molecule has 0 radical (unpaired) electrons. The highest BCUT2D eigenvalue weighted by molar-refractivity contribution is 5.60. The summed E-state index contributed by atoms with van der Waals surface area (Å²) in [5, 5.41) is 15.0. The quantitative estimate of drug-likeness (QED) is 0.0286. The van der Waals surface area contributed by atoms with Crippen LogP contribution in [0.25, 0.3) is 0 Å². The molecule has 0 saturated carbocycles. The van der Waals surface area contributed by atoms with Crippen LogP contribution in [-0.4, -0.2) is 33.6 Å². The molecule has 4 aromatic rings. The predicted molar refractivity (Wildman–Crippen MR) is 206 cm³/mol. The van der Waals surface area contributed by atoms with Crippen LogP contribution in [0, 0.1) is 5.82 Å². The number of benzene rings is 4. The van der Waals surface area contributed by atoms with Crippen molar-refractivity contribution in [3.05, 3.63) is 96.8 Å². The number of nitrogens with zero attached hydrogens (tertiary/aromatic N) is 1. The first-order valence-corrected chi connectivity index (χ1v) is 17.8. The lowest BCUT2D eigenvalue weighted by Crippen LogP contribution is -2.24. The second kappa shape index (κ2) is 21.2. The van der Waals surface area contributed by atoms with E-state index in [0.717, 1.165) is 60.3 Å². The maximum Gasteiger partial charge on any atom is 0.148 e. The van der Waals surface area contributed by atoms with E-state index in [1.54, 1.807) is 6.07 Å². The Kier molecular flexibility index (Phi) is 16.1. The van der Waals surface area contributed by atoms with Gasteiger partial charge in [0.2, 0.25) is 0 Å². The van der Waals surface area contributed by atoms with Gasteiger partial charge in [-0.2, -0.15) is 0 Å². The Morgan fingerprint density at radius 3 is 1.51 bits per heavy atom. The fourth-order valence-electron chi connectivity index (χ4n) is 5.23. The number of hydrogen-bond donors (Lipinski definition) is 5. The van der Waals surface area contributed by atoms with Gasteiger partial charge in [-0.05, 0) is 97.8 Å². The highest BCUT2D eigenvalue weighted by Gasteiger charge is 2.07. The van der Waals surface area contributed by atoms with Crippen LogP contribution >= 0.6 is 0 Å². The zero-order valence-electron chi connectivity index (χ0n) is 29.5. The van der Waals surface area contributed by atoms with Crippen molar-refractivity contribution in [2.75, 3.05) is 65.3 Å². The third kappa shape index (κ3) is 13.7. The standard InChI is InChI=1S/C40H55FN6O2/c1-4-6-8-10-12-28-49-38-24-20-36(21-25-38)47(3)46-35-19-26-40(39(41)29-35)45-31-44-33-15-13-32(14-16-33)42-30-43-34-17-22-37(23-18-34)48-27-11-9-7-5-2/h13-26,29,42-46H,4-12,27-28,30-31H2,1-3H3. The van der Waals surface area contributed by atoms with Crippen LogP contribution in [0.15, 0.2) is 91.0 Å². The third-order valence-electron chi connectivity index (χ3n) is 8.17. The molecule has 0 aliphatic carbocycles. The van der Waals surface area contributed by atoms with Crippen molar-refractivity contribution in [3.63, 3.8) is 0 Å². The number of anilines is 6. The number of ether oxygens (including phenoxy) is 2. The summed E-state index contributed by atoms with van der Waals surface area (Å²) in [6.07, 6.45) is 10.9. The zero-order valence-corrected chi connectivity index (χ0v) is 29.5. The summed E-state index contributed by atoms with van der Waals surface area (Å²) in [6.45, 7) is 6.91. The largest absolute Gasteiger partial charge is 0.494 e. The molecule has 4 aromatic carbocycles. The minimum absolute atomic E-state index is 0.334.